The zero-order chi connectivity index (χ0) is 4.12. The molecule has 0 amide bonds. The molecule has 1 nitrogen and oxygen atoms in total. The molecule has 0 aromatic rings. The first kappa shape index (κ1) is 5.03. The van der Waals surface area contributed by atoms with Gasteiger partial charge in [-0.25, -0.2) is 0 Å². The summed E-state index contributed by atoms with van der Waals surface area (Å²) in [6.45, 7) is 0. The van der Waals surface area contributed by atoms with E-state index in [0.717, 1.165) is 0 Å². The van der Waals surface area contributed by atoms with E-state index in [-0.39, 0.29) is 0 Å². The van der Waals surface area contributed by atoms with Gasteiger partial charge in [-0.15, -0.1) is 0 Å². The van der Waals surface area contributed by atoms with Gasteiger partial charge in [0.15, 0.2) is 0 Å². The summed E-state index contributed by atoms with van der Waals surface area (Å²) in [5.41, 5.74) is 6.37. The van der Waals surface area contributed by atoms with Crippen LogP contribution in [0.2, 0.25) is 0 Å². The SMILES string of the molecule is [NH-]/C=C\[CH]=[Rh]. The number of rotatable bonds is 1. The first-order valence-electron chi connectivity index (χ1n) is 1.15. The van der Waals surface area contributed by atoms with Crippen molar-refractivity contribution in [1.82, 2.24) is 0 Å². The Morgan fingerprint density at radius 2 is 2.20 bits per heavy atom. The molecule has 0 saturated heterocycles. The predicted octanol–water partition coefficient (Wildman–Crippen LogP) is 0.901. The third kappa shape index (κ3) is 4.03. The normalized spacial score (nSPS) is 9.00. The van der Waals surface area contributed by atoms with Crippen molar-refractivity contribution in [3.8, 4) is 0 Å². The topological polar surface area (TPSA) is 23.8 Å². The second-order valence-corrected chi connectivity index (χ2v) is 1.02. The Labute approximate surface area is 41.1 Å². The van der Waals surface area contributed by atoms with Gasteiger partial charge >= 0.3 is 40.5 Å². The maximum absolute atomic E-state index is 6.37. The van der Waals surface area contributed by atoms with Gasteiger partial charge in [-0.05, 0) is 0 Å². The van der Waals surface area contributed by atoms with E-state index < -0.39 is 0 Å². The second kappa shape index (κ2) is 4.03. The van der Waals surface area contributed by atoms with Crippen molar-refractivity contribution < 1.29 is 17.9 Å². The van der Waals surface area contributed by atoms with Gasteiger partial charge in [0, 0.05) is 0 Å². The number of allylic oxidation sites excluding steroid dienone is 1. The number of nitrogens with one attached hydrogen (secondary N) is 1. The van der Waals surface area contributed by atoms with Crippen molar-refractivity contribution in [1.29, 1.82) is 0 Å². The molecule has 0 aromatic carbocycles. The summed E-state index contributed by atoms with van der Waals surface area (Å²) in [5, 5.41) is 0. The van der Waals surface area contributed by atoms with Crippen LogP contribution >= 0.6 is 0 Å². The quantitative estimate of drug-likeness (QED) is 0.505. The first-order chi connectivity index (χ1) is 2.41. The van der Waals surface area contributed by atoms with E-state index in [9.17, 15) is 0 Å². The van der Waals surface area contributed by atoms with Crippen LogP contribution in [0.15, 0.2) is 12.3 Å². The Kier molecular flexibility index (Phi) is 4.06. The molecule has 0 aliphatic heterocycles. The molecular formula is C3H4NRh-. The summed E-state index contributed by atoms with van der Waals surface area (Å²) in [5.74, 6) is 0. The Hall–Kier alpha value is 0.0334. The minimum atomic E-state index is 1.22. The third-order valence-corrected chi connectivity index (χ3v) is 0.476. The average molecular weight is 157 g/mol. The van der Waals surface area contributed by atoms with Crippen molar-refractivity contribution in [2.24, 2.45) is 0 Å². The Bertz CT molecular complexity index is 48.9. The molecule has 0 saturated carbocycles. The standard InChI is InChI=1S/C3H4N.Rh/c1-2-3-4;/h1-4H;/q-1;/b3-2-;. The fourth-order valence-electron chi connectivity index (χ4n) is 0.0321. The van der Waals surface area contributed by atoms with E-state index in [1.807, 2.05) is 0 Å². The van der Waals surface area contributed by atoms with Crippen LogP contribution in [0.4, 0.5) is 0 Å². The van der Waals surface area contributed by atoms with Gasteiger partial charge in [0.05, 0.1) is 0 Å². The maximum atomic E-state index is 6.37. The van der Waals surface area contributed by atoms with Crippen molar-refractivity contribution in [2.45, 2.75) is 0 Å². The molecule has 0 radical (unpaired) electrons. The summed E-state index contributed by atoms with van der Waals surface area (Å²) in [6.07, 6.45) is 2.84. The molecule has 31 valence electrons. The van der Waals surface area contributed by atoms with Gasteiger partial charge in [0.25, 0.3) is 0 Å². The van der Waals surface area contributed by atoms with Gasteiger partial charge < -0.3 is 0 Å². The van der Waals surface area contributed by atoms with E-state index in [1.165, 1.54) is 6.20 Å². The van der Waals surface area contributed by atoms with E-state index >= 15 is 0 Å². The van der Waals surface area contributed by atoms with Crippen LogP contribution in [-0.4, -0.2) is 4.61 Å². The van der Waals surface area contributed by atoms with Gasteiger partial charge in [-0.2, -0.15) is 0 Å². The van der Waals surface area contributed by atoms with E-state index in [0.29, 0.717) is 0 Å². The molecule has 0 aliphatic carbocycles. The Balaban J connectivity index is 2.92. The molecule has 0 atom stereocenters. The zero-order valence-corrected chi connectivity index (χ0v) is 4.20. The van der Waals surface area contributed by atoms with Crippen molar-refractivity contribution in [3.63, 3.8) is 0 Å². The molecule has 0 rings (SSSR count). The van der Waals surface area contributed by atoms with Gasteiger partial charge in [0.2, 0.25) is 0 Å². The number of hydrogen-bond acceptors (Lipinski definition) is 0. The average Bonchev–Trinajstić information content (AvgIpc) is 1.41. The first-order valence-corrected chi connectivity index (χ1v) is 2.09. The fraction of sp³-hybridized carbons (Fsp3) is 0. The molecular weight excluding hydrogens is 153 g/mol. The predicted molar refractivity (Wildman–Crippen MR) is 19.5 cm³/mol. The van der Waals surface area contributed by atoms with Crippen molar-refractivity contribution >= 4 is 4.61 Å². The molecule has 0 aliphatic rings. The summed E-state index contributed by atoms with van der Waals surface area (Å²) >= 11 is 2.52. The molecule has 0 unspecified atom stereocenters. The van der Waals surface area contributed by atoms with Crippen LogP contribution in [0.25, 0.3) is 5.73 Å². The summed E-state index contributed by atoms with van der Waals surface area (Å²) in [6, 6.07) is 0. The van der Waals surface area contributed by atoms with Gasteiger partial charge in [-0.3, -0.25) is 0 Å². The monoisotopic (exact) mass is 157 g/mol. The number of hydrogen-bond donors (Lipinski definition) is 0. The molecule has 0 heterocycles. The molecule has 5 heavy (non-hydrogen) atoms. The van der Waals surface area contributed by atoms with Crippen LogP contribution in [0.5, 0.6) is 0 Å². The summed E-state index contributed by atoms with van der Waals surface area (Å²) < 4.78 is 1.70. The Morgan fingerprint density at radius 1 is 1.60 bits per heavy atom. The summed E-state index contributed by atoms with van der Waals surface area (Å²) in [7, 11) is 0. The van der Waals surface area contributed by atoms with Crippen LogP contribution in [0.3, 0.4) is 0 Å². The molecule has 0 fully saturated rings. The van der Waals surface area contributed by atoms with Crippen molar-refractivity contribution in [2.75, 3.05) is 0 Å². The fourth-order valence-corrected chi connectivity index (χ4v) is 0.190. The molecule has 0 bridgehead atoms. The zero-order valence-electron chi connectivity index (χ0n) is 2.57. The van der Waals surface area contributed by atoms with E-state index in [2.05, 4.69) is 17.9 Å². The van der Waals surface area contributed by atoms with Gasteiger partial charge in [-0.1, -0.05) is 0 Å². The van der Waals surface area contributed by atoms with Crippen LogP contribution in [-0.2, 0) is 17.9 Å². The van der Waals surface area contributed by atoms with Gasteiger partial charge in [0.1, 0.15) is 0 Å². The van der Waals surface area contributed by atoms with Crippen molar-refractivity contribution in [3.05, 3.63) is 18.0 Å². The summed E-state index contributed by atoms with van der Waals surface area (Å²) in [4.78, 5) is 0. The van der Waals surface area contributed by atoms with E-state index in [4.69, 9.17) is 5.73 Å². The van der Waals surface area contributed by atoms with Crippen LogP contribution < -0.4 is 0 Å². The van der Waals surface area contributed by atoms with E-state index in [1.54, 1.807) is 10.7 Å². The third-order valence-electron chi connectivity index (χ3n) is 0.160. The molecule has 1 N–H and O–H groups in total. The van der Waals surface area contributed by atoms with Crippen LogP contribution in [0.1, 0.15) is 0 Å². The second-order valence-electron chi connectivity index (χ2n) is 0.470. The van der Waals surface area contributed by atoms with Crippen LogP contribution in [0, 0.1) is 0 Å². The molecule has 0 spiro atoms. The molecule has 0 aromatic heterocycles. The Morgan fingerprint density at radius 3 is 2.20 bits per heavy atom. The minimum absolute atomic E-state index is 1.22. The molecule has 2 heteroatoms.